The van der Waals surface area contributed by atoms with E-state index in [1.54, 1.807) is 0 Å². The van der Waals surface area contributed by atoms with Gasteiger partial charge in [0.1, 0.15) is 0 Å². The summed E-state index contributed by atoms with van der Waals surface area (Å²) in [6.07, 6.45) is 0. The molecule has 0 atom stereocenters. The average Bonchev–Trinajstić information content (AvgIpc) is 3.88. The van der Waals surface area contributed by atoms with E-state index in [4.69, 9.17) is 0 Å². The van der Waals surface area contributed by atoms with E-state index in [2.05, 4.69) is 217 Å². The lowest BCUT2D eigenvalue weighted by molar-refractivity contribution is 1.28. The zero-order valence-electron chi connectivity index (χ0n) is 32.0. The van der Waals surface area contributed by atoms with Crippen molar-refractivity contribution in [2.75, 3.05) is 4.90 Å². The quantitative estimate of drug-likeness (QED) is 0.162. The van der Waals surface area contributed by atoms with E-state index < -0.39 is 0 Å². The summed E-state index contributed by atoms with van der Waals surface area (Å²) in [6.45, 7) is 0. The zero-order valence-corrected chi connectivity index (χ0v) is 33.6. The molecule has 0 amide bonds. The lowest BCUT2D eigenvalue weighted by atomic mass is 9.99. The van der Waals surface area contributed by atoms with Crippen molar-refractivity contribution in [3.8, 4) is 33.4 Å². The van der Waals surface area contributed by atoms with Crippen LogP contribution in [-0.4, -0.2) is 0 Å². The van der Waals surface area contributed by atoms with Gasteiger partial charge in [-0.15, -0.1) is 22.7 Å². The van der Waals surface area contributed by atoms with Crippen LogP contribution in [0.1, 0.15) is 0 Å². The van der Waals surface area contributed by atoms with Crippen molar-refractivity contribution in [2.45, 2.75) is 0 Å². The van der Waals surface area contributed by atoms with Crippen molar-refractivity contribution >= 4 is 102 Å². The minimum atomic E-state index is 1.11. The average molecular weight is 786 g/mol. The highest BCUT2D eigenvalue weighted by atomic mass is 32.1. The lowest BCUT2D eigenvalue weighted by Crippen LogP contribution is -2.09. The summed E-state index contributed by atoms with van der Waals surface area (Å²) in [7, 11) is 0. The summed E-state index contributed by atoms with van der Waals surface area (Å²) >= 11 is 3.82. The molecule has 1 nitrogen and oxygen atoms in total. The summed E-state index contributed by atoms with van der Waals surface area (Å²) < 4.78 is 5.42. The van der Waals surface area contributed by atoms with Gasteiger partial charge in [0.05, 0.1) is 0 Å². The predicted octanol–water partition coefficient (Wildman–Crippen LogP) is 17.2. The Kier molecular flexibility index (Phi) is 7.97. The van der Waals surface area contributed by atoms with Crippen LogP contribution < -0.4 is 4.90 Å². The fourth-order valence-electron chi connectivity index (χ4n) is 8.87. The van der Waals surface area contributed by atoms with Gasteiger partial charge in [-0.05, 0) is 116 Å². The van der Waals surface area contributed by atoms with Crippen LogP contribution >= 0.6 is 22.7 Å². The third-order valence-electron chi connectivity index (χ3n) is 11.9. The smallest absolute Gasteiger partial charge is 0.0462 e. The number of fused-ring (bicyclic) bond motifs is 9. The van der Waals surface area contributed by atoms with Gasteiger partial charge in [-0.25, -0.2) is 0 Å². The highest BCUT2D eigenvalue weighted by molar-refractivity contribution is 7.30. The summed E-state index contributed by atoms with van der Waals surface area (Å²) in [6, 6.07) is 78.0. The second-order valence-corrected chi connectivity index (χ2v) is 17.4. The van der Waals surface area contributed by atoms with Crippen LogP contribution in [0.15, 0.2) is 212 Å². The van der Waals surface area contributed by atoms with E-state index in [0.717, 1.165) is 17.1 Å². The van der Waals surface area contributed by atoms with E-state index in [0.29, 0.717) is 0 Å². The van der Waals surface area contributed by atoms with Crippen LogP contribution in [0.4, 0.5) is 17.1 Å². The van der Waals surface area contributed by atoms with Crippen molar-refractivity contribution in [2.24, 2.45) is 0 Å². The lowest BCUT2D eigenvalue weighted by Gasteiger charge is -2.26. The molecule has 0 aliphatic rings. The number of benzene rings is 10. The van der Waals surface area contributed by atoms with Gasteiger partial charge in [-0.2, -0.15) is 0 Å². The Morgan fingerprint density at radius 1 is 0.288 bits per heavy atom. The van der Waals surface area contributed by atoms with Crippen LogP contribution in [0.3, 0.4) is 0 Å². The molecule has 2 aromatic heterocycles. The van der Waals surface area contributed by atoms with Crippen molar-refractivity contribution < 1.29 is 0 Å². The normalized spacial score (nSPS) is 11.7. The molecule has 0 saturated heterocycles. The number of hydrogen-bond acceptors (Lipinski definition) is 3. The van der Waals surface area contributed by atoms with Crippen molar-refractivity contribution in [3.63, 3.8) is 0 Å². The Morgan fingerprint density at radius 3 is 1.39 bits per heavy atom. The van der Waals surface area contributed by atoms with Crippen LogP contribution in [-0.2, 0) is 0 Å². The molecule has 0 aliphatic heterocycles. The fraction of sp³-hybridized carbons (Fsp3) is 0. The standard InChI is InChI=1S/C56H35NS2/c1-3-10-41-34-43(18-16-36(41)8-1)38-20-26-45(27-21-38)57(46-28-22-39(23-29-46)44-19-17-37-9-2-4-11-42(37)35-44)47-30-24-40(25-31-47)48-13-7-14-49-50-32-33-53-54(56(50)59-55(48)49)51-12-5-6-15-52(51)58-53/h1-35H. The first kappa shape index (κ1) is 34.0. The van der Waals surface area contributed by atoms with Crippen LogP contribution in [0, 0.1) is 0 Å². The Labute approximate surface area is 350 Å². The van der Waals surface area contributed by atoms with Gasteiger partial charge in [-0.1, -0.05) is 152 Å². The van der Waals surface area contributed by atoms with Gasteiger partial charge in [0.25, 0.3) is 0 Å². The third kappa shape index (κ3) is 5.81. The van der Waals surface area contributed by atoms with Gasteiger partial charge >= 0.3 is 0 Å². The minimum absolute atomic E-state index is 1.11. The van der Waals surface area contributed by atoms with Gasteiger partial charge < -0.3 is 4.90 Å². The summed E-state index contributed by atoms with van der Waals surface area (Å²) in [4.78, 5) is 2.37. The second-order valence-electron chi connectivity index (χ2n) is 15.3. The molecule has 276 valence electrons. The van der Waals surface area contributed by atoms with Crippen molar-refractivity contribution in [1.29, 1.82) is 0 Å². The highest BCUT2D eigenvalue weighted by Crippen LogP contribution is 2.47. The molecule has 0 fully saturated rings. The van der Waals surface area contributed by atoms with Gasteiger partial charge in [0.2, 0.25) is 0 Å². The third-order valence-corrected chi connectivity index (χ3v) is 14.3. The van der Waals surface area contributed by atoms with Crippen molar-refractivity contribution in [1.82, 2.24) is 0 Å². The highest BCUT2D eigenvalue weighted by Gasteiger charge is 2.18. The Hall–Kier alpha value is -7.04. The van der Waals surface area contributed by atoms with Gasteiger partial charge in [-0.3, -0.25) is 0 Å². The molecule has 12 rings (SSSR count). The summed E-state index contributed by atoms with van der Waals surface area (Å²) in [5, 5.41) is 10.4. The SMILES string of the molecule is c1ccc2cc(-c3ccc(N(c4ccc(-c5ccc6ccccc6c5)cc4)c4ccc(-c5cccc6c5sc5c6ccc6sc7ccccc7c65)cc4)cc3)ccc2c1. The fourth-order valence-corrected chi connectivity index (χ4v) is 11.4. The molecular formula is C56H35NS2. The first-order valence-electron chi connectivity index (χ1n) is 20.1. The first-order chi connectivity index (χ1) is 29.2. The molecule has 3 heteroatoms. The van der Waals surface area contributed by atoms with E-state index in [-0.39, 0.29) is 0 Å². The molecule has 0 radical (unpaired) electrons. The maximum atomic E-state index is 2.37. The predicted molar refractivity (Wildman–Crippen MR) is 258 cm³/mol. The van der Waals surface area contributed by atoms with E-state index >= 15 is 0 Å². The number of rotatable bonds is 6. The van der Waals surface area contributed by atoms with E-state index in [1.165, 1.54) is 95.3 Å². The van der Waals surface area contributed by atoms with Crippen LogP contribution in [0.2, 0.25) is 0 Å². The second kappa shape index (κ2) is 13.8. The molecule has 0 aliphatic carbocycles. The molecule has 0 saturated carbocycles. The molecule has 12 aromatic rings. The molecule has 10 aromatic carbocycles. The minimum Gasteiger partial charge on any atom is -0.311 e. The summed E-state index contributed by atoms with van der Waals surface area (Å²) in [5.41, 5.74) is 10.7. The van der Waals surface area contributed by atoms with Crippen LogP contribution in [0.5, 0.6) is 0 Å². The van der Waals surface area contributed by atoms with E-state index in [9.17, 15) is 0 Å². The largest absolute Gasteiger partial charge is 0.311 e. The molecule has 2 heterocycles. The maximum absolute atomic E-state index is 2.37. The Bertz CT molecular complexity index is 3410. The molecule has 0 N–H and O–H groups in total. The zero-order chi connectivity index (χ0) is 38.9. The van der Waals surface area contributed by atoms with Crippen molar-refractivity contribution in [3.05, 3.63) is 212 Å². The summed E-state index contributed by atoms with van der Waals surface area (Å²) in [5.74, 6) is 0. The Morgan fingerprint density at radius 2 is 0.780 bits per heavy atom. The number of hydrogen-bond donors (Lipinski definition) is 0. The molecule has 0 unspecified atom stereocenters. The van der Waals surface area contributed by atoms with Crippen LogP contribution in [0.25, 0.3) is 95.3 Å². The maximum Gasteiger partial charge on any atom is 0.0462 e. The molecule has 59 heavy (non-hydrogen) atoms. The monoisotopic (exact) mass is 785 g/mol. The molecule has 0 bridgehead atoms. The number of anilines is 3. The molecular weight excluding hydrogens is 751 g/mol. The van der Waals surface area contributed by atoms with E-state index in [1.807, 2.05) is 22.7 Å². The van der Waals surface area contributed by atoms with Gasteiger partial charge in [0.15, 0.2) is 0 Å². The Balaban J connectivity index is 0.943. The topological polar surface area (TPSA) is 3.24 Å². The first-order valence-corrected chi connectivity index (χ1v) is 21.7. The number of thiophene rings is 2. The van der Waals surface area contributed by atoms with Gasteiger partial charge in [0, 0.05) is 57.4 Å². The number of nitrogens with zero attached hydrogens (tertiary/aromatic N) is 1. The molecule has 0 spiro atoms.